The van der Waals surface area contributed by atoms with E-state index in [1.165, 1.54) is 12.7 Å². The zero-order chi connectivity index (χ0) is 20.5. The van der Waals surface area contributed by atoms with Gasteiger partial charge < -0.3 is 9.47 Å². The second-order valence-electron chi connectivity index (χ2n) is 8.62. The number of esters is 2. The van der Waals surface area contributed by atoms with Gasteiger partial charge in [0.25, 0.3) is 0 Å². The van der Waals surface area contributed by atoms with E-state index in [0.29, 0.717) is 30.1 Å². The van der Waals surface area contributed by atoms with E-state index in [1.54, 1.807) is 6.08 Å². The molecule has 0 spiro atoms. The molecule has 0 bridgehead atoms. The highest BCUT2D eigenvalue weighted by atomic mass is 16.5. The van der Waals surface area contributed by atoms with Gasteiger partial charge in [-0.3, -0.25) is 14.9 Å². The molecule has 1 N–H and O–H groups in total. The van der Waals surface area contributed by atoms with Crippen molar-refractivity contribution in [3.63, 3.8) is 0 Å². The van der Waals surface area contributed by atoms with Crippen LogP contribution in [0.1, 0.15) is 46.0 Å². The summed E-state index contributed by atoms with van der Waals surface area (Å²) in [6, 6.07) is -0.306. The number of hydrogen-bond donors (Lipinski definition) is 1. The number of carbonyl (C=O) groups excluding carboxylic acids is 3. The van der Waals surface area contributed by atoms with E-state index in [2.05, 4.69) is 25.7 Å². The number of fused-ring (bicyclic) bond motifs is 1. The summed E-state index contributed by atoms with van der Waals surface area (Å²) in [5.74, 6) is 0.210. The molecular weight excluding hydrogens is 358 g/mol. The third-order valence-electron chi connectivity index (χ3n) is 7.25. The molecule has 2 unspecified atom stereocenters. The van der Waals surface area contributed by atoms with Crippen molar-refractivity contribution in [3.05, 3.63) is 23.8 Å². The monoisotopic (exact) mass is 389 g/mol. The van der Waals surface area contributed by atoms with Crippen LogP contribution in [0.3, 0.4) is 0 Å². The lowest BCUT2D eigenvalue weighted by Gasteiger charge is -2.54. The first-order valence-corrected chi connectivity index (χ1v) is 10.2. The lowest BCUT2D eigenvalue weighted by molar-refractivity contribution is -0.140. The smallest absolute Gasteiger partial charge is 0.335 e. The number of cyclic esters (lactones) is 1. The molecule has 2 fully saturated rings. The molecule has 0 aromatic rings. The normalized spacial score (nSPS) is 33.8. The Labute approximate surface area is 166 Å². The molecule has 154 valence electrons. The average Bonchev–Trinajstić information content (AvgIpc) is 3.09. The summed E-state index contributed by atoms with van der Waals surface area (Å²) >= 11 is 0. The summed E-state index contributed by atoms with van der Waals surface area (Å²) in [6.45, 7) is 8.97. The number of ketones is 1. The highest BCUT2D eigenvalue weighted by molar-refractivity contribution is 5.92. The van der Waals surface area contributed by atoms with Crippen LogP contribution in [0.5, 0.6) is 0 Å². The van der Waals surface area contributed by atoms with Crippen LogP contribution in [0.15, 0.2) is 23.8 Å². The summed E-state index contributed by atoms with van der Waals surface area (Å²) < 4.78 is 9.84. The van der Waals surface area contributed by atoms with E-state index in [0.717, 1.165) is 19.3 Å². The number of hydrogen-bond acceptors (Lipinski definition) is 6. The van der Waals surface area contributed by atoms with E-state index in [-0.39, 0.29) is 48.4 Å². The van der Waals surface area contributed by atoms with Crippen LogP contribution in [0.4, 0.5) is 0 Å². The van der Waals surface area contributed by atoms with Gasteiger partial charge in [-0.15, -0.1) is 0 Å². The van der Waals surface area contributed by atoms with Gasteiger partial charge in [0.15, 0.2) is 0 Å². The number of allylic oxidation sites excluding steroid dienone is 1. The summed E-state index contributed by atoms with van der Waals surface area (Å²) in [4.78, 5) is 36.2. The predicted molar refractivity (Wildman–Crippen MR) is 104 cm³/mol. The third-order valence-corrected chi connectivity index (χ3v) is 7.25. The van der Waals surface area contributed by atoms with Gasteiger partial charge in [-0.2, -0.15) is 0 Å². The van der Waals surface area contributed by atoms with Gasteiger partial charge in [0, 0.05) is 18.4 Å². The molecule has 6 nitrogen and oxygen atoms in total. The van der Waals surface area contributed by atoms with Crippen LogP contribution < -0.4 is 5.32 Å². The van der Waals surface area contributed by atoms with Gasteiger partial charge in [0.05, 0.1) is 19.2 Å². The summed E-state index contributed by atoms with van der Waals surface area (Å²) in [5, 5.41) is 3.19. The zero-order valence-corrected chi connectivity index (χ0v) is 17.1. The Morgan fingerprint density at radius 2 is 2.18 bits per heavy atom. The van der Waals surface area contributed by atoms with E-state index in [9.17, 15) is 14.4 Å². The minimum atomic E-state index is -0.375. The van der Waals surface area contributed by atoms with E-state index in [1.807, 2.05) is 0 Å². The van der Waals surface area contributed by atoms with Crippen molar-refractivity contribution in [1.29, 1.82) is 0 Å². The lowest BCUT2D eigenvalue weighted by atomic mass is 9.50. The Hall–Kier alpha value is -1.95. The molecule has 3 aliphatic rings. The number of rotatable bonds is 6. The summed E-state index contributed by atoms with van der Waals surface area (Å²) in [7, 11) is 1.34. The van der Waals surface area contributed by atoms with Crippen molar-refractivity contribution in [2.24, 2.45) is 23.2 Å². The van der Waals surface area contributed by atoms with Gasteiger partial charge in [0.1, 0.15) is 12.4 Å². The maximum atomic E-state index is 12.3. The van der Waals surface area contributed by atoms with Crippen molar-refractivity contribution in [2.45, 2.75) is 52.0 Å². The minimum Gasteiger partial charge on any atom is -0.468 e. The van der Waals surface area contributed by atoms with Gasteiger partial charge in [-0.05, 0) is 49.0 Å². The topological polar surface area (TPSA) is 81.7 Å². The lowest BCUT2D eigenvalue weighted by Crippen LogP contribution is -2.50. The average molecular weight is 389 g/mol. The van der Waals surface area contributed by atoms with E-state index >= 15 is 0 Å². The molecule has 5 atom stereocenters. The first kappa shape index (κ1) is 20.8. The van der Waals surface area contributed by atoms with Crippen molar-refractivity contribution >= 4 is 17.7 Å². The SMILES string of the molecule is C=C1CCC2[C@@H](C)C(=O)CC[C@]2(C)[C@@H]1CC(NCC(=O)OC)C1=CCOC1=O. The Morgan fingerprint density at radius 1 is 1.43 bits per heavy atom. The van der Waals surface area contributed by atoms with Crippen LogP contribution in [-0.4, -0.2) is 44.0 Å². The molecule has 3 rings (SSSR count). The van der Waals surface area contributed by atoms with Gasteiger partial charge in [-0.1, -0.05) is 26.0 Å². The first-order chi connectivity index (χ1) is 13.3. The number of carbonyl (C=O) groups is 3. The molecule has 1 aliphatic heterocycles. The fourth-order valence-electron chi connectivity index (χ4n) is 5.52. The van der Waals surface area contributed by atoms with Crippen LogP contribution in [0.25, 0.3) is 0 Å². The van der Waals surface area contributed by atoms with Crippen molar-refractivity contribution in [1.82, 2.24) is 5.32 Å². The van der Waals surface area contributed by atoms with Crippen LogP contribution in [0, 0.1) is 23.2 Å². The molecule has 2 aliphatic carbocycles. The molecule has 0 saturated heterocycles. The fourth-order valence-corrected chi connectivity index (χ4v) is 5.52. The molecule has 1 heterocycles. The zero-order valence-electron chi connectivity index (χ0n) is 17.1. The maximum absolute atomic E-state index is 12.3. The van der Waals surface area contributed by atoms with Crippen molar-refractivity contribution in [3.8, 4) is 0 Å². The molecule has 0 aromatic carbocycles. The molecule has 6 heteroatoms. The molecular formula is C22H31NO5. The predicted octanol–water partition coefficient (Wildman–Crippen LogP) is 2.58. The Morgan fingerprint density at radius 3 is 2.82 bits per heavy atom. The molecule has 0 aromatic heterocycles. The molecule has 0 amide bonds. The second-order valence-corrected chi connectivity index (χ2v) is 8.62. The fraction of sp³-hybridized carbons (Fsp3) is 0.682. The number of methoxy groups -OCH3 is 1. The Bertz CT molecular complexity index is 712. The molecule has 28 heavy (non-hydrogen) atoms. The highest BCUT2D eigenvalue weighted by Crippen LogP contribution is 2.57. The number of nitrogens with one attached hydrogen (secondary N) is 1. The maximum Gasteiger partial charge on any atom is 0.335 e. The molecule has 2 saturated carbocycles. The first-order valence-electron chi connectivity index (χ1n) is 10.2. The van der Waals surface area contributed by atoms with Crippen LogP contribution in [0.2, 0.25) is 0 Å². The Kier molecular flexibility index (Phi) is 6.08. The van der Waals surface area contributed by atoms with Crippen LogP contribution in [-0.2, 0) is 23.9 Å². The second kappa shape index (κ2) is 8.19. The highest BCUT2D eigenvalue weighted by Gasteiger charge is 2.52. The number of Topliss-reactive ketones (excluding diaryl/α,β-unsaturated/α-hetero) is 1. The largest absolute Gasteiger partial charge is 0.468 e. The standard InChI is InChI=1S/C22H31NO5/c1-13-5-6-16-14(2)19(24)7-9-22(16,3)17(13)11-18(23-12-20(25)27-4)15-8-10-28-21(15)26/h8,14,16-18,23H,1,5-7,9-12H2,2-4H3/t14-,16?,17-,18?,22+/m1/s1. The van der Waals surface area contributed by atoms with Gasteiger partial charge in [0.2, 0.25) is 0 Å². The molecule has 0 radical (unpaired) electrons. The minimum absolute atomic E-state index is 0.0278. The van der Waals surface area contributed by atoms with E-state index in [4.69, 9.17) is 9.47 Å². The quantitative estimate of drug-likeness (QED) is 0.555. The summed E-state index contributed by atoms with van der Waals surface area (Å²) in [5.41, 5.74) is 1.72. The van der Waals surface area contributed by atoms with Crippen molar-refractivity contribution < 1.29 is 23.9 Å². The Balaban J connectivity index is 1.85. The van der Waals surface area contributed by atoms with Crippen molar-refractivity contribution in [2.75, 3.05) is 20.3 Å². The van der Waals surface area contributed by atoms with Gasteiger partial charge in [-0.25, -0.2) is 4.79 Å². The summed E-state index contributed by atoms with van der Waals surface area (Å²) in [6.07, 6.45) is 5.78. The van der Waals surface area contributed by atoms with Crippen LogP contribution >= 0.6 is 0 Å². The third kappa shape index (κ3) is 3.79. The van der Waals surface area contributed by atoms with E-state index < -0.39 is 0 Å². The van der Waals surface area contributed by atoms with Gasteiger partial charge >= 0.3 is 11.9 Å². The number of ether oxygens (including phenoxy) is 2.